The van der Waals surface area contributed by atoms with Gasteiger partial charge in [0, 0.05) is 12.5 Å². The Labute approximate surface area is 132 Å². The van der Waals surface area contributed by atoms with E-state index in [2.05, 4.69) is 24.3 Å². The molecule has 0 saturated carbocycles. The van der Waals surface area contributed by atoms with E-state index in [9.17, 15) is 0 Å². The molecule has 3 atom stereocenters. The molecule has 22 heavy (non-hydrogen) atoms. The van der Waals surface area contributed by atoms with E-state index in [0.717, 1.165) is 25.2 Å². The van der Waals surface area contributed by atoms with Crippen molar-refractivity contribution in [2.45, 2.75) is 25.6 Å². The van der Waals surface area contributed by atoms with Gasteiger partial charge in [0.25, 0.3) is 0 Å². The van der Waals surface area contributed by atoms with Crippen molar-refractivity contribution < 1.29 is 14.2 Å². The van der Waals surface area contributed by atoms with Crippen molar-refractivity contribution in [3.05, 3.63) is 59.7 Å². The Hall–Kier alpha value is -1.42. The molecular formula is C19H23O3. The Morgan fingerprint density at radius 3 is 3.00 bits per heavy atom. The lowest BCUT2D eigenvalue weighted by atomic mass is 9.91. The monoisotopic (exact) mass is 299 g/mol. The fraction of sp³-hybridized carbons (Fsp3) is 0.474. The normalized spacial score (nSPS) is 28.4. The smallest absolute Gasteiger partial charge is 0.107 e. The van der Waals surface area contributed by atoms with E-state index in [1.807, 2.05) is 31.2 Å². The van der Waals surface area contributed by atoms with Gasteiger partial charge in [-0.05, 0) is 30.5 Å². The van der Waals surface area contributed by atoms with Gasteiger partial charge in [0.15, 0.2) is 0 Å². The summed E-state index contributed by atoms with van der Waals surface area (Å²) in [5.74, 6) is 0.437. The molecule has 1 aliphatic heterocycles. The summed E-state index contributed by atoms with van der Waals surface area (Å²) < 4.78 is 17.6. The molecule has 1 heterocycles. The molecule has 1 aromatic carbocycles. The van der Waals surface area contributed by atoms with Crippen LogP contribution in [0.15, 0.2) is 48.1 Å². The van der Waals surface area contributed by atoms with Crippen LogP contribution in [0, 0.1) is 12.0 Å². The topological polar surface area (TPSA) is 27.7 Å². The summed E-state index contributed by atoms with van der Waals surface area (Å²) in [4.78, 5) is 0. The second-order valence-electron chi connectivity index (χ2n) is 5.72. The van der Waals surface area contributed by atoms with Gasteiger partial charge in [0.2, 0.25) is 0 Å². The third kappa shape index (κ3) is 3.86. The fourth-order valence-corrected chi connectivity index (χ4v) is 2.92. The zero-order valence-electron chi connectivity index (χ0n) is 13.0. The molecule has 117 valence electrons. The van der Waals surface area contributed by atoms with E-state index in [0.29, 0.717) is 19.1 Å². The average molecular weight is 299 g/mol. The SMILES string of the molecule is CCOCC1C=CC=C(C2COCC(c3[c]cccc3)O2)C1. The summed E-state index contributed by atoms with van der Waals surface area (Å²) in [7, 11) is 0. The largest absolute Gasteiger partial charge is 0.381 e. The van der Waals surface area contributed by atoms with Crippen molar-refractivity contribution in [3.8, 4) is 0 Å². The minimum Gasteiger partial charge on any atom is -0.381 e. The van der Waals surface area contributed by atoms with Crippen LogP contribution in [0.3, 0.4) is 0 Å². The highest BCUT2D eigenvalue weighted by Gasteiger charge is 2.28. The summed E-state index contributed by atoms with van der Waals surface area (Å²) in [6.45, 7) is 4.79. The van der Waals surface area contributed by atoms with Crippen LogP contribution in [0.5, 0.6) is 0 Å². The van der Waals surface area contributed by atoms with E-state index in [-0.39, 0.29) is 12.2 Å². The predicted octanol–water partition coefficient (Wildman–Crippen LogP) is 3.48. The molecule has 0 spiro atoms. The van der Waals surface area contributed by atoms with Gasteiger partial charge in [-0.15, -0.1) is 0 Å². The molecule has 0 amide bonds. The van der Waals surface area contributed by atoms with Crippen molar-refractivity contribution in [2.24, 2.45) is 5.92 Å². The van der Waals surface area contributed by atoms with Crippen LogP contribution in [0.25, 0.3) is 0 Å². The minimum atomic E-state index is -0.0305. The number of rotatable bonds is 5. The summed E-state index contributed by atoms with van der Waals surface area (Å²) in [5, 5.41) is 0. The van der Waals surface area contributed by atoms with Gasteiger partial charge < -0.3 is 14.2 Å². The number of hydrogen-bond donors (Lipinski definition) is 0. The molecule has 1 aliphatic carbocycles. The van der Waals surface area contributed by atoms with Crippen molar-refractivity contribution in [1.82, 2.24) is 0 Å². The lowest BCUT2D eigenvalue weighted by Gasteiger charge is -2.33. The van der Waals surface area contributed by atoms with Gasteiger partial charge >= 0.3 is 0 Å². The first-order chi connectivity index (χ1) is 10.9. The molecule has 3 rings (SSSR count). The molecule has 0 N–H and O–H groups in total. The molecule has 3 heteroatoms. The van der Waals surface area contributed by atoms with E-state index in [4.69, 9.17) is 14.2 Å². The highest BCUT2D eigenvalue weighted by Crippen LogP contribution is 2.30. The first-order valence-electron chi connectivity index (χ1n) is 8.01. The van der Waals surface area contributed by atoms with Crippen LogP contribution in [0.1, 0.15) is 25.0 Å². The van der Waals surface area contributed by atoms with Crippen LogP contribution in [-0.4, -0.2) is 32.5 Å². The van der Waals surface area contributed by atoms with E-state index >= 15 is 0 Å². The fourth-order valence-electron chi connectivity index (χ4n) is 2.92. The Kier molecular flexibility index (Phi) is 5.43. The third-order valence-electron chi connectivity index (χ3n) is 4.09. The number of benzene rings is 1. The standard InChI is InChI=1S/C19H23O3/c1-2-20-12-15-7-6-10-17(11-15)19-14-21-13-18(22-19)16-8-4-3-5-9-16/h3-8,10,15,18-19H,2,11-14H2,1H3. The van der Waals surface area contributed by atoms with Crippen LogP contribution >= 0.6 is 0 Å². The number of ether oxygens (including phenoxy) is 3. The van der Waals surface area contributed by atoms with Crippen LogP contribution < -0.4 is 0 Å². The molecule has 1 aromatic rings. The lowest BCUT2D eigenvalue weighted by Crippen LogP contribution is -2.34. The van der Waals surface area contributed by atoms with Gasteiger partial charge in [0.1, 0.15) is 12.2 Å². The highest BCUT2D eigenvalue weighted by molar-refractivity contribution is 5.24. The molecule has 3 nitrogen and oxygen atoms in total. The highest BCUT2D eigenvalue weighted by atomic mass is 16.6. The maximum Gasteiger partial charge on any atom is 0.107 e. The summed E-state index contributed by atoms with van der Waals surface area (Å²) in [6.07, 6.45) is 7.47. The predicted molar refractivity (Wildman–Crippen MR) is 85.5 cm³/mol. The zero-order chi connectivity index (χ0) is 15.2. The van der Waals surface area contributed by atoms with Gasteiger partial charge in [0.05, 0.1) is 19.8 Å². The molecule has 0 aromatic heterocycles. The Balaban J connectivity index is 1.62. The molecule has 1 saturated heterocycles. The maximum atomic E-state index is 6.27. The van der Waals surface area contributed by atoms with Gasteiger partial charge in [-0.3, -0.25) is 0 Å². The van der Waals surface area contributed by atoms with Crippen molar-refractivity contribution in [3.63, 3.8) is 0 Å². The Morgan fingerprint density at radius 2 is 2.18 bits per heavy atom. The summed E-state index contributed by atoms with van der Waals surface area (Å²) in [5.41, 5.74) is 2.36. The molecule has 3 unspecified atom stereocenters. The Bertz CT molecular complexity index is 521. The second-order valence-corrected chi connectivity index (χ2v) is 5.72. The number of allylic oxidation sites excluding steroid dienone is 2. The van der Waals surface area contributed by atoms with Crippen molar-refractivity contribution in [1.29, 1.82) is 0 Å². The first-order valence-corrected chi connectivity index (χ1v) is 8.01. The van der Waals surface area contributed by atoms with Crippen LogP contribution in [0.4, 0.5) is 0 Å². The van der Waals surface area contributed by atoms with Crippen LogP contribution in [0.2, 0.25) is 0 Å². The first kappa shape index (κ1) is 15.5. The zero-order valence-corrected chi connectivity index (χ0v) is 13.0. The van der Waals surface area contributed by atoms with Gasteiger partial charge in [-0.1, -0.05) is 42.5 Å². The molecule has 1 fully saturated rings. The lowest BCUT2D eigenvalue weighted by molar-refractivity contribution is -0.127. The van der Waals surface area contributed by atoms with Gasteiger partial charge in [-0.2, -0.15) is 0 Å². The van der Waals surface area contributed by atoms with Gasteiger partial charge in [-0.25, -0.2) is 0 Å². The average Bonchev–Trinajstić information content (AvgIpc) is 2.61. The van der Waals surface area contributed by atoms with Crippen molar-refractivity contribution in [2.75, 3.05) is 26.4 Å². The van der Waals surface area contributed by atoms with E-state index in [1.165, 1.54) is 5.57 Å². The number of hydrogen-bond acceptors (Lipinski definition) is 3. The maximum absolute atomic E-state index is 6.27. The quantitative estimate of drug-likeness (QED) is 0.833. The molecule has 1 radical (unpaired) electrons. The third-order valence-corrected chi connectivity index (χ3v) is 4.09. The van der Waals surface area contributed by atoms with Crippen molar-refractivity contribution >= 4 is 0 Å². The van der Waals surface area contributed by atoms with E-state index < -0.39 is 0 Å². The van der Waals surface area contributed by atoms with E-state index in [1.54, 1.807) is 0 Å². The summed E-state index contributed by atoms with van der Waals surface area (Å²) in [6, 6.07) is 11.2. The Morgan fingerprint density at radius 1 is 1.27 bits per heavy atom. The van der Waals surface area contributed by atoms with Crippen LogP contribution in [-0.2, 0) is 14.2 Å². The molecular weight excluding hydrogens is 276 g/mol. The summed E-state index contributed by atoms with van der Waals surface area (Å²) >= 11 is 0. The molecule has 0 bridgehead atoms. The molecule has 2 aliphatic rings. The second kappa shape index (κ2) is 7.73. The minimum absolute atomic E-state index is 0.0291.